The molecule has 0 bridgehead atoms. The summed E-state index contributed by atoms with van der Waals surface area (Å²) in [6, 6.07) is 18.7. The summed E-state index contributed by atoms with van der Waals surface area (Å²) in [5, 5.41) is 1.92. The minimum Gasteiger partial charge on any atom is -0.262 e. The standard InChI is InChI=1S/C21H21NO2S/c1-4-14-22(21-11-7-8-16(2)17(21)3)25(23,24)20-13-12-18-9-5-6-10-19(18)15-20/h4-13,15H,1,14H2,2-3H3. The normalized spacial score (nSPS) is 11.4. The van der Waals surface area contributed by atoms with Crippen LogP contribution in [0.4, 0.5) is 5.69 Å². The molecule has 0 aliphatic heterocycles. The van der Waals surface area contributed by atoms with E-state index in [1.807, 2.05) is 62.4 Å². The molecule has 25 heavy (non-hydrogen) atoms. The first kappa shape index (κ1) is 17.2. The second kappa shape index (κ2) is 6.73. The minimum absolute atomic E-state index is 0.222. The Morgan fingerprint density at radius 1 is 0.960 bits per heavy atom. The Hall–Kier alpha value is -2.59. The van der Waals surface area contributed by atoms with Gasteiger partial charge in [0.1, 0.15) is 0 Å². The first-order valence-electron chi connectivity index (χ1n) is 8.14. The molecule has 3 aromatic carbocycles. The maximum atomic E-state index is 13.3. The summed E-state index contributed by atoms with van der Waals surface area (Å²) in [6.45, 7) is 7.87. The van der Waals surface area contributed by atoms with Gasteiger partial charge >= 0.3 is 0 Å². The second-order valence-corrected chi connectivity index (χ2v) is 7.92. The summed E-state index contributed by atoms with van der Waals surface area (Å²) in [5.41, 5.74) is 2.70. The molecule has 0 fully saturated rings. The van der Waals surface area contributed by atoms with Crippen molar-refractivity contribution in [2.45, 2.75) is 18.7 Å². The molecular weight excluding hydrogens is 330 g/mol. The van der Waals surface area contributed by atoms with Crippen LogP contribution in [0.25, 0.3) is 10.8 Å². The maximum absolute atomic E-state index is 13.3. The van der Waals surface area contributed by atoms with E-state index in [0.717, 1.165) is 21.9 Å². The van der Waals surface area contributed by atoms with Crippen molar-refractivity contribution in [2.24, 2.45) is 0 Å². The van der Waals surface area contributed by atoms with Gasteiger partial charge in [0.25, 0.3) is 10.0 Å². The molecule has 0 atom stereocenters. The number of hydrogen-bond donors (Lipinski definition) is 0. The van der Waals surface area contributed by atoms with Gasteiger partial charge in [-0.25, -0.2) is 8.42 Å². The molecule has 0 aliphatic carbocycles. The highest BCUT2D eigenvalue weighted by Gasteiger charge is 2.25. The van der Waals surface area contributed by atoms with E-state index in [0.29, 0.717) is 5.69 Å². The van der Waals surface area contributed by atoms with Gasteiger partial charge in [-0.15, -0.1) is 6.58 Å². The zero-order chi connectivity index (χ0) is 18.0. The number of benzene rings is 3. The van der Waals surface area contributed by atoms with Crippen LogP contribution < -0.4 is 4.31 Å². The molecule has 0 heterocycles. The van der Waals surface area contributed by atoms with E-state index in [-0.39, 0.29) is 11.4 Å². The Morgan fingerprint density at radius 2 is 1.68 bits per heavy atom. The van der Waals surface area contributed by atoms with Gasteiger partial charge in [-0.3, -0.25) is 4.31 Å². The number of aryl methyl sites for hydroxylation is 1. The fraction of sp³-hybridized carbons (Fsp3) is 0.143. The number of nitrogens with zero attached hydrogens (tertiary/aromatic N) is 1. The van der Waals surface area contributed by atoms with Gasteiger partial charge in [0.2, 0.25) is 0 Å². The van der Waals surface area contributed by atoms with Gasteiger partial charge in [-0.2, -0.15) is 0 Å². The highest BCUT2D eigenvalue weighted by atomic mass is 32.2. The Balaban J connectivity index is 2.16. The molecule has 0 N–H and O–H groups in total. The van der Waals surface area contributed by atoms with E-state index in [4.69, 9.17) is 0 Å². The molecule has 0 amide bonds. The lowest BCUT2D eigenvalue weighted by Crippen LogP contribution is -2.31. The third kappa shape index (κ3) is 3.17. The van der Waals surface area contributed by atoms with Gasteiger partial charge in [0, 0.05) is 0 Å². The first-order valence-corrected chi connectivity index (χ1v) is 9.58. The predicted octanol–water partition coefficient (Wildman–Crippen LogP) is 4.84. The molecule has 0 saturated carbocycles. The molecule has 4 heteroatoms. The summed E-state index contributed by atoms with van der Waals surface area (Å²) in [6.07, 6.45) is 1.61. The van der Waals surface area contributed by atoms with Crippen LogP contribution in [0.1, 0.15) is 11.1 Å². The number of anilines is 1. The molecule has 128 valence electrons. The molecular formula is C21H21NO2S. The lowest BCUT2D eigenvalue weighted by Gasteiger charge is -2.25. The third-order valence-corrected chi connectivity index (χ3v) is 6.22. The van der Waals surface area contributed by atoms with Gasteiger partial charge < -0.3 is 0 Å². The van der Waals surface area contributed by atoms with Crippen molar-refractivity contribution < 1.29 is 8.42 Å². The van der Waals surface area contributed by atoms with E-state index in [1.54, 1.807) is 18.2 Å². The number of hydrogen-bond acceptors (Lipinski definition) is 2. The topological polar surface area (TPSA) is 37.4 Å². The van der Waals surface area contributed by atoms with Crippen molar-refractivity contribution in [2.75, 3.05) is 10.8 Å². The second-order valence-electron chi connectivity index (χ2n) is 6.05. The Morgan fingerprint density at radius 3 is 2.40 bits per heavy atom. The highest BCUT2D eigenvalue weighted by molar-refractivity contribution is 7.92. The van der Waals surface area contributed by atoms with Crippen LogP contribution in [0.15, 0.2) is 78.2 Å². The SMILES string of the molecule is C=CCN(c1cccc(C)c1C)S(=O)(=O)c1ccc2ccccc2c1. The summed E-state index contributed by atoms with van der Waals surface area (Å²) < 4.78 is 28.0. The zero-order valence-electron chi connectivity index (χ0n) is 14.4. The Bertz CT molecular complexity index is 1040. The zero-order valence-corrected chi connectivity index (χ0v) is 15.3. The number of rotatable bonds is 5. The van der Waals surface area contributed by atoms with Crippen LogP contribution in [0.2, 0.25) is 0 Å². The van der Waals surface area contributed by atoms with E-state index in [9.17, 15) is 8.42 Å². The highest BCUT2D eigenvalue weighted by Crippen LogP contribution is 2.29. The van der Waals surface area contributed by atoms with E-state index in [2.05, 4.69) is 6.58 Å². The summed E-state index contributed by atoms with van der Waals surface area (Å²) in [5.74, 6) is 0. The predicted molar refractivity (Wildman–Crippen MR) is 105 cm³/mol. The molecule has 0 aromatic heterocycles. The van der Waals surface area contributed by atoms with Crippen molar-refractivity contribution in [3.63, 3.8) is 0 Å². The molecule has 0 unspecified atom stereocenters. The molecule has 3 rings (SSSR count). The average molecular weight is 351 g/mol. The van der Waals surface area contributed by atoms with Gasteiger partial charge in [-0.05, 0) is 53.9 Å². The fourth-order valence-electron chi connectivity index (χ4n) is 2.90. The summed E-state index contributed by atoms with van der Waals surface area (Å²) >= 11 is 0. The molecule has 0 saturated heterocycles. The lowest BCUT2D eigenvalue weighted by molar-refractivity contribution is 0.593. The molecule has 0 radical (unpaired) electrons. The molecule has 3 nitrogen and oxygen atoms in total. The largest absolute Gasteiger partial charge is 0.264 e. The molecule has 0 spiro atoms. The fourth-order valence-corrected chi connectivity index (χ4v) is 4.43. The summed E-state index contributed by atoms with van der Waals surface area (Å²) in [7, 11) is -3.68. The van der Waals surface area contributed by atoms with Crippen molar-refractivity contribution in [3.05, 3.63) is 84.4 Å². The van der Waals surface area contributed by atoms with Crippen LogP contribution >= 0.6 is 0 Å². The van der Waals surface area contributed by atoms with E-state index in [1.165, 1.54) is 4.31 Å². The van der Waals surface area contributed by atoms with E-state index >= 15 is 0 Å². The molecule has 0 aliphatic rings. The van der Waals surface area contributed by atoms with Crippen molar-refractivity contribution >= 4 is 26.5 Å². The minimum atomic E-state index is -3.68. The lowest BCUT2D eigenvalue weighted by atomic mass is 10.1. The molecule has 3 aromatic rings. The van der Waals surface area contributed by atoms with Crippen molar-refractivity contribution in [1.29, 1.82) is 0 Å². The average Bonchev–Trinajstić information content (AvgIpc) is 2.62. The van der Waals surface area contributed by atoms with Crippen LogP contribution in [0.3, 0.4) is 0 Å². The quantitative estimate of drug-likeness (QED) is 0.617. The first-order chi connectivity index (χ1) is 11.9. The van der Waals surface area contributed by atoms with Gasteiger partial charge in [0.15, 0.2) is 0 Å². The maximum Gasteiger partial charge on any atom is 0.264 e. The summed E-state index contributed by atoms with van der Waals surface area (Å²) in [4.78, 5) is 0.286. The van der Waals surface area contributed by atoms with Gasteiger partial charge in [0.05, 0.1) is 17.1 Å². The van der Waals surface area contributed by atoms with Crippen LogP contribution in [-0.2, 0) is 10.0 Å². The van der Waals surface area contributed by atoms with E-state index < -0.39 is 10.0 Å². The smallest absolute Gasteiger partial charge is 0.262 e. The van der Waals surface area contributed by atoms with Crippen LogP contribution in [0, 0.1) is 13.8 Å². The Kier molecular flexibility index (Phi) is 4.64. The van der Waals surface area contributed by atoms with Crippen molar-refractivity contribution in [1.82, 2.24) is 0 Å². The van der Waals surface area contributed by atoms with Crippen LogP contribution in [-0.4, -0.2) is 15.0 Å². The Labute approximate surface area is 149 Å². The number of sulfonamides is 1. The monoisotopic (exact) mass is 351 g/mol. The van der Waals surface area contributed by atoms with Crippen molar-refractivity contribution in [3.8, 4) is 0 Å². The third-order valence-electron chi connectivity index (χ3n) is 4.45. The number of fused-ring (bicyclic) bond motifs is 1. The van der Waals surface area contributed by atoms with Gasteiger partial charge in [-0.1, -0.05) is 48.5 Å². The van der Waals surface area contributed by atoms with Crippen LogP contribution in [0.5, 0.6) is 0 Å².